The summed E-state index contributed by atoms with van der Waals surface area (Å²) in [6.45, 7) is 6.22. The maximum absolute atomic E-state index is 12.7. The van der Waals surface area contributed by atoms with Crippen molar-refractivity contribution in [1.82, 2.24) is 0 Å². The molecule has 0 aliphatic rings. The van der Waals surface area contributed by atoms with Crippen LogP contribution in [0.2, 0.25) is 0 Å². The Morgan fingerprint density at radius 2 is 0.730 bits per heavy atom. The van der Waals surface area contributed by atoms with Crippen LogP contribution in [0.4, 0.5) is 0 Å². The number of hydrogen-bond acceptors (Lipinski definition) is 6. The van der Waals surface area contributed by atoms with Crippen LogP contribution in [-0.4, -0.2) is 37.2 Å². The van der Waals surface area contributed by atoms with Gasteiger partial charge in [0.1, 0.15) is 13.2 Å². The van der Waals surface area contributed by atoms with Crippen LogP contribution in [0.15, 0.2) is 134 Å². The highest BCUT2D eigenvalue weighted by Gasteiger charge is 2.19. The minimum Gasteiger partial charge on any atom is -0.462 e. The molecule has 1 unspecified atom stereocenters. The molecule has 6 nitrogen and oxygen atoms in total. The predicted octanol–water partition coefficient (Wildman–Crippen LogP) is 16.3. The lowest BCUT2D eigenvalue weighted by Crippen LogP contribution is -2.30. The van der Waals surface area contributed by atoms with Crippen LogP contribution in [0.25, 0.3) is 0 Å². The van der Waals surface area contributed by atoms with E-state index in [4.69, 9.17) is 14.2 Å². The van der Waals surface area contributed by atoms with E-state index in [0.717, 1.165) is 64.2 Å². The largest absolute Gasteiger partial charge is 0.462 e. The van der Waals surface area contributed by atoms with Gasteiger partial charge in [0.25, 0.3) is 0 Å². The summed E-state index contributed by atoms with van der Waals surface area (Å²) in [5.41, 5.74) is 0. The van der Waals surface area contributed by atoms with Crippen molar-refractivity contribution >= 4 is 17.9 Å². The first-order valence-corrected chi connectivity index (χ1v) is 24.8. The molecule has 0 aromatic heterocycles. The monoisotopic (exact) mass is 869 g/mol. The van der Waals surface area contributed by atoms with E-state index in [9.17, 15) is 14.4 Å². The smallest absolute Gasteiger partial charge is 0.306 e. The number of hydrogen-bond donors (Lipinski definition) is 0. The number of unbranched alkanes of at least 4 members (excludes halogenated alkanes) is 13. The molecule has 0 fully saturated rings. The quantitative estimate of drug-likeness (QED) is 0.0200. The van der Waals surface area contributed by atoms with E-state index >= 15 is 0 Å². The number of carbonyl (C=O) groups excluding carboxylic acids is 3. The number of esters is 3. The lowest BCUT2D eigenvalue weighted by molar-refractivity contribution is -0.166. The Kier molecular flexibility index (Phi) is 46.7. The molecule has 0 aromatic carbocycles. The Labute approximate surface area is 385 Å². The fraction of sp³-hybridized carbons (Fsp3) is 0.561. The maximum Gasteiger partial charge on any atom is 0.306 e. The van der Waals surface area contributed by atoms with E-state index in [2.05, 4.69) is 87.6 Å². The van der Waals surface area contributed by atoms with E-state index in [-0.39, 0.29) is 38.0 Å². The molecule has 0 bridgehead atoms. The minimum absolute atomic E-state index is 0.133. The number of allylic oxidation sites excluding steroid dienone is 22. The van der Waals surface area contributed by atoms with Gasteiger partial charge in [0.15, 0.2) is 6.10 Å². The van der Waals surface area contributed by atoms with E-state index in [0.29, 0.717) is 25.7 Å². The fourth-order valence-corrected chi connectivity index (χ4v) is 6.14. The van der Waals surface area contributed by atoms with E-state index < -0.39 is 12.1 Å². The second kappa shape index (κ2) is 50.2. The molecule has 0 aliphatic carbocycles. The Morgan fingerprint density at radius 1 is 0.349 bits per heavy atom. The van der Waals surface area contributed by atoms with Crippen molar-refractivity contribution in [2.24, 2.45) is 0 Å². The van der Waals surface area contributed by atoms with Crippen LogP contribution in [0.5, 0.6) is 0 Å². The highest BCUT2D eigenvalue weighted by molar-refractivity contribution is 5.71. The third kappa shape index (κ3) is 48.4. The van der Waals surface area contributed by atoms with Crippen LogP contribution < -0.4 is 0 Å². The first kappa shape index (κ1) is 58.6. The van der Waals surface area contributed by atoms with Crippen LogP contribution in [0.3, 0.4) is 0 Å². The van der Waals surface area contributed by atoms with Gasteiger partial charge in [0.2, 0.25) is 0 Å². The summed E-state index contributed by atoms with van der Waals surface area (Å²) >= 11 is 0. The molecule has 0 spiro atoms. The van der Waals surface area contributed by atoms with Gasteiger partial charge < -0.3 is 14.2 Å². The van der Waals surface area contributed by atoms with Crippen molar-refractivity contribution < 1.29 is 28.6 Å². The Morgan fingerprint density at radius 3 is 1.21 bits per heavy atom. The van der Waals surface area contributed by atoms with Gasteiger partial charge >= 0.3 is 17.9 Å². The average Bonchev–Trinajstić information content (AvgIpc) is 3.28. The van der Waals surface area contributed by atoms with Crippen molar-refractivity contribution in [2.45, 2.75) is 194 Å². The van der Waals surface area contributed by atoms with Crippen LogP contribution in [-0.2, 0) is 28.6 Å². The zero-order valence-corrected chi connectivity index (χ0v) is 40.0. The van der Waals surface area contributed by atoms with Gasteiger partial charge in [-0.25, -0.2) is 0 Å². The molecule has 63 heavy (non-hydrogen) atoms. The standard InChI is InChI=1S/C57H88O6/c1-4-7-10-13-16-19-22-25-26-27-28-29-30-33-35-38-41-44-47-50-56(59)62-53-54(63-57(60)51-48-45-42-39-36-32-24-21-18-15-12-9-6-3)52-61-55(58)49-46-43-40-37-34-31-23-20-17-14-11-8-5-2/h7,9-10,12,15-16,18-19,21,24-26,28-29,32-33,35-36,39,41-42,44,54H,4-6,8,11,13-14,17,20,22-23,27,30-31,34,37-38,40,43,45-53H2,1-3H3/b10-7-,12-9-,18-15-,19-16-,24-21-,26-25-,29-28-,35-33-,36-32-,42-39-,44-41-. The molecule has 352 valence electrons. The zero-order valence-electron chi connectivity index (χ0n) is 40.0. The molecule has 0 aromatic rings. The molecule has 0 saturated heterocycles. The van der Waals surface area contributed by atoms with Gasteiger partial charge in [0, 0.05) is 19.3 Å². The summed E-state index contributed by atoms with van der Waals surface area (Å²) in [6, 6.07) is 0. The first-order valence-electron chi connectivity index (χ1n) is 24.8. The lowest BCUT2D eigenvalue weighted by Gasteiger charge is -2.18. The average molecular weight is 869 g/mol. The predicted molar refractivity (Wildman–Crippen MR) is 269 cm³/mol. The summed E-state index contributed by atoms with van der Waals surface area (Å²) < 4.78 is 16.6. The summed E-state index contributed by atoms with van der Waals surface area (Å²) in [6.07, 6.45) is 70.3. The van der Waals surface area contributed by atoms with Crippen molar-refractivity contribution in [1.29, 1.82) is 0 Å². The van der Waals surface area contributed by atoms with E-state index in [1.165, 1.54) is 64.2 Å². The molecule has 1 atom stereocenters. The summed E-state index contributed by atoms with van der Waals surface area (Å²) in [4.78, 5) is 37.8. The molecule has 0 saturated carbocycles. The maximum atomic E-state index is 12.7. The minimum atomic E-state index is -0.848. The van der Waals surface area contributed by atoms with Gasteiger partial charge in [-0.3, -0.25) is 14.4 Å². The fourth-order valence-electron chi connectivity index (χ4n) is 6.14. The first-order chi connectivity index (χ1) is 31.0. The topological polar surface area (TPSA) is 78.9 Å². The molecule has 0 heterocycles. The zero-order chi connectivity index (χ0) is 45.8. The lowest BCUT2D eigenvalue weighted by atomic mass is 10.0. The van der Waals surface area contributed by atoms with Gasteiger partial charge in [-0.15, -0.1) is 0 Å². The van der Waals surface area contributed by atoms with Crippen molar-refractivity contribution in [3.8, 4) is 0 Å². The molecule has 0 N–H and O–H groups in total. The molecule has 0 aliphatic heterocycles. The van der Waals surface area contributed by atoms with Gasteiger partial charge in [-0.05, 0) is 70.6 Å². The highest BCUT2D eigenvalue weighted by Crippen LogP contribution is 2.14. The molecule has 0 radical (unpaired) electrons. The Bertz CT molecular complexity index is 1420. The molecular weight excluding hydrogens is 781 g/mol. The van der Waals surface area contributed by atoms with Crippen molar-refractivity contribution in [3.05, 3.63) is 134 Å². The molecule has 6 heteroatoms. The van der Waals surface area contributed by atoms with Gasteiger partial charge in [-0.1, -0.05) is 231 Å². The van der Waals surface area contributed by atoms with Crippen LogP contribution in [0, 0.1) is 0 Å². The van der Waals surface area contributed by atoms with Crippen LogP contribution >= 0.6 is 0 Å². The second-order valence-electron chi connectivity index (χ2n) is 15.7. The third-order valence-electron chi connectivity index (χ3n) is 9.79. The number of ether oxygens (including phenoxy) is 3. The van der Waals surface area contributed by atoms with Gasteiger partial charge in [0.05, 0.1) is 0 Å². The summed E-state index contributed by atoms with van der Waals surface area (Å²) in [7, 11) is 0. The molecule has 0 amide bonds. The third-order valence-corrected chi connectivity index (χ3v) is 9.79. The number of carbonyl (C=O) groups is 3. The van der Waals surface area contributed by atoms with Crippen molar-refractivity contribution in [2.75, 3.05) is 13.2 Å². The molecule has 0 rings (SSSR count). The van der Waals surface area contributed by atoms with Crippen molar-refractivity contribution in [3.63, 3.8) is 0 Å². The molecular formula is C57H88O6. The second-order valence-corrected chi connectivity index (χ2v) is 15.7. The Hall–Kier alpha value is -4.45. The summed E-state index contributed by atoms with van der Waals surface area (Å²) in [5.74, 6) is -1.11. The van der Waals surface area contributed by atoms with Crippen LogP contribution in [0.1, 0.15) is 188 Å². The highest BCUT2D eigenvalue weighted by atomic mass is 16.6. The number of rotatable bonds is 42. The summed E-state index contributed by atoms with van der Waals surface area (Å²) in [5, 5.41) is 0. The Balaban J connectivity index is 4.61. The normalized spacial score (nSPS) is 13.3. The van der Waals surface area contributed by atoms with Gasteiger partial charge in [-0.2, -0.15) is 0 Å². The SMILES string of the molecule is CC\C=C/C=C\C=C/C=C\C=C/CCCC(=O)OC(COC(=O)CC/C=C\C/C=C\C/C=C\C/C=C\C/C=C\C/C=C\CC)COC(=O)CCCCCCCCCCCCCCC. The van der Waals surface area contributed by atoms with E-state index in [1.54, 1.807) is 0 Å². The van der Waals surface area contributed by atoms with E-state index in [1.807, 2.05) is 66.8 Å².